The van der Waals surface area contributed by atoms with Crippen LogP contribution in [0.4, 0.5) is 28.8 Å². The van der Waals surface area contributed by atoms with Gasteiger partial charge in [-0.3, -0.25) is 5.10 Å². The highest BCUT2D eigenvalue weighted by molar-refractivity contribution is 6.03. The number of H-pyrrole nitrogens is 1. The van der Waals surface area contributed by atoms with E-state index in [0.717, 1.165) is 50.6 Å². The maximum absolute atomic E-state index is 4.60. The smallest absolute Gasteiger partial charge is 0.139 e. The van der Waals surface area contributed by atoms with Gasteiger partial charge in [-0.15, -0.1) is 0 Å². The molecular weight excluding hydrogens is 402 g/mol. The number of hydrogen-bond acceptors (Lipinski definition) is 8. The predicted molar refractivity (Wildman–Crippen MR) is 126 cm³/mol. The van der Waals surface area contributed by atoms with E-state index in [-0.39, 0.29) is 0 Å². The lowest BCUT2D eigenvalue weighted by Crippen LogP contribution is -2.02. The molecule has 0 aliphatic heterocycles. The fraction of sp³-hybridized carbons (Fsp3) is 0.0870. The lowest BCUT2D eigenvalue weighted by Gasteiger charge is -2.16. The van der Waals surface area contributed by atoms with E-state index < -0.39 is 0 Å². The van der Waals surface area contributed by atoms with Gasteiger partial charge in [-0.05, 0) is 30.7 Å². The van der Waals surface area contributed by atoms with Crippen LogP contribution in [0.3, 0.4) is 0 Å². The minimum atomic E-state index is 0.713. The van der Waals surface area contributed by atoms with Gasteiger partial charge in [0.1, 0.15) is 23.8 Å². The van der Waals surface area contributed by atoms with E-state index in [1.54, 1.807) is 31.1 Å². The van der Waals surface area contributed by atoms with Crippen LogP contribution in [0.5, 0.6) is 0 Å². The van der Waals surface area contributed by atoms with Crippen LogP contribution >= 0.6 is 0 Å². The lowest BCUT2D eigenvalue weighted by atomic mass is 10.0. The van der Waals surface area contributed by atoms with Crippen molar-refractivity contribution >= 4 is 39.6 Å². The van der Waals surface area contributed by atoms with Crippen molar-refractivity contribution < 1.29 is 0 Å². The quantitative estimate of drug-likeness (QED) is 0.312. The Morgan fingerprint density at radius 2 is 1.78 bits per heavy atom. The molecule has 32 heavy (non-hydrogen) atoms. The molecule has 0 bridgehead atoms. The number of aromatic nitrogens is 6. The molecule has 0 spiro atoms. The molecule has 158 valence electrons. The number of aromatic amines is 1. The monoisotopic (exact) mass is 423 g/mol. The van der Waals surface area contributed by atoms with Gasteiger partial charge in [-0.2, -0.15) is 5.10 Å². The van der Waals surface area contributed by atoms with E-state index in [0.29, 0.717) is 5.82 Å². The molecule has 0 amide bonds. The van der Waals surface area contributed by atoms with Crippen molar-refractivity contribution in [2.24, 2.45) is 0 Å². The van der Waals surface area contributed by atoms with Crippen molar-refractivity contribution in [1.82, 2.24) is 30.1 Å². The first-order chi connectivity index (χ1) is 15.7. The van der Waals surface area contributed by atoms with Crippen molar-refractivity contribution in [1.29, 1.82) is 0 Å². The molecule has 0 saturated heterocycles. The van der Waals surface area contributed by atoms with Crippen LogP contribution in [0.2, 0.25) is 0 Å². The Bertz CT molecular complexity index is 1380. The van der Waals surface area contributed by atoms with Crippen LogP contribution in [0.1, 0.15) is 5.56 Å². The third-order valence-corrected chi connectivity index (χ3v) is 5.17. The Morgan fingerprint density at radius 1 is 0.875 bits per heavy atom. The largest absolute Gasteiger partial charge is 0.373 e. The van der Waals surface area contributed by atoms with Crippen molar-refractivity contribution in [3.63, 3.8) is 0 Å². The van der Waals surface area contributed by atoms with Crippen LogP contribution in [0.25, 0.3) is 22.0 Å². The van der Waals surface area contributed by atoms with Crippen LogP contribution < -0.4 is 16.0 Å². The Labute approximate surface area is 184 Å². The fourth-order valence-electron chi connectivity index (χ4n) is 3.56. The van der Waals surface area contributed by atoms with Gasteiger partial charge in [-0.1, -0.05) is 12.1 Å². The lowest BCUT2D eigenvalue weighted by molar-refractivity contribution is 1.09. The Morgan fingerprint density at radius 3 is 2.62 bits per heavy atom. The molecule has 0 aliphatic rings. The zero-order valence-electron chi connectivity index (χ0n) is 17.6. The summed E-state index contributed by atoms with van der Waals surface area (Å²) in [7, 11) is 1.83. The molecule has 0 saturated carbocycles. The number of benzene rings is 1. The SMILES string of the molecule is CNc1cc(-c2cccnc2Nc2c(C)ccc3c(Nc4cn[nH]c4)nccc23)ncn1. The molecule has 0 atom stereocenters. The zero-order chi connectivity index (χ0) is 21.9. The third kappa shape index (κ3) is 3.67. The molecule has 1 aromatic carbocycles. The fourth-order valence-corrected chi connectivity index (χ4v) is 3.56. The highest BCUT2D eigenvalue weighted by Crippen LogP contribution is 2.35. The number of fused-ring (bicyclic) bond motifs is 1. The number of nitrogens with one attached hydrogen (secondary N) is 4. The van der Waals surface area contributed by atoms with Gasteiger partial charge in [0, 0.05) is 48.0 Å². The minimum absolute atomic E-state index is 0.713. The zero-order valence-corrected chi connectivity index (χ0v) is 17.6. The van der Waals surface area contributed by atoms with Crippen LogP contribution in [0, 0.1) is 6.92 Å². The summed E-state index contributed by atoms with van der Waals surface area (Å²) in [4.78, 5) is 17.8. The summed E-state index contributed by atoms with van der Waals surface area (Å²) in [6.07, 6.45) is 8.60. The highest BCUT2D eigenvalue weighted by atomic mass is 15.1. The highest BCUT2D eigenvalue weighted by Gasteiger charge is 2.14. The second kappa shape index (κ2) is 8.31. The number of anilines is 5. The Hall–Kier alpha value is -4.53. The molecule has 4 heterocycles. The molecule has 5 rings (SSSR count). The first kappa shape index (κ1) is 19.4. The topological polar surface area (TPSA) is 116 Å². The number of pyridine rings is 2. The minimum Gasteiger partial charge on any atom is -0.373 e. The molecule has 4 N–H and O–H groups in total. The molecule has 9 heteroatoms. The van der Waals surface area contributed by atoms with Crippen LogP contribution in [-0.4, -0.2) is 37.2 Å². The van der Waals surface area contributed by atoms with Gasteiger partial charge in [0.25, 0.3) is 0 Å². The van der Waals surface area contributed by atoms with E-state index >= 15 is 0 Å². The van der Waals surface area contributed by atoms with Crippen LogP contribution in [0.15, 0.2) is 67.5 Å². The second-order valence-electron chi connectivity index (χ2n) is 7.19. The molecule has 0 unspecified atom stereocenters. The van der Waals surface area contributed by atoms with Crippen molar-refractivity contribution in [2.75, 3.05) is 23.0 Å². The maximum Gasteiger partial charge on any atom is 0.139 e. The van der Waals surface area contributed by atoms with E-state index in [2.05, 4.69) is 65.1 Å². The predicted octanol–water partition coefficient (Wildman–Crippen LogP) is 4.65. The molecule has 9 nitrogen and oxygen atoms in total. The van der Waals surface area contributed by atoms with E-state index in [1.165, 1.54) is 0 Å². The van der Waals surface area contributed by atoms with Gasteiger partial charge < -0.3 is 16.0 Å². The van der Waals surface area contributed by atoms with E-state index in [9.17, 15) is 0 Å². The standard InChI is InChI=1S/C23H21N9/c1-14-5-6-17-16(7-9-26-22(17)31-15-11-29-30-12-15)21(14)32-23-18(4-3-8-25-23)19-10-20(24-2)28-13-27-19/h3-13H,1-2H3,(H,25,32)(H,26,31)(H,29,30)(H,24,27,28). The van der Waals surface area contributed by atoms with Crippen molar-refractivity contribution in [2.45, 2.75) is 6.92 Å². The average molecular weight is 423 g/mol. The maximum atomic E-state index is 4.60. The summed E-state index contributed by atoms with van der Waals surface area (Å²) in [5.41, 5.74) is 4.56. The van der Waals surface area contributed by atoms with Gasteiger partial charge in [0.15, 0.2) is 0 Å². The van der Waals surface area contributed by atoms with Crippen molar-refractivity contribution in [3.05, 3.63) is 73.1 Å². The second-order valence-corrected chi connectivity index (χ2v) is 7.19. The van der Waals surface area contributed by atoms with Gasteiger partial charge in [0.2, 0.25) is 0 Å². The molecule has 0 aliphatic carbocycles. The summed E-state index contributed by atoms with van der Waals surface area (Å²) in [5, 5.41) is 18.7. The molecule has 0 radical (unpaired) electrons. The molecule has 5 aromatic rings. The third-order valence-electron chi connectivity index (χ3n) is 5.17. The summed E-state index contributed by atoms with van der Waals surface area (Å²) >= 11 is 0. The first-order valence-corrected chi connectivity index (χ1v) is 10.1. The number of hydrogen-bond donors (Lipinski definition) is 4. The summed E-state index contributed by atoms with van der Waals surface area (Å²) < 4.78 is 0. The number of aryl methyl sites for hydroxylation is 1. The van der Waals surface area contributed by atoms with Crippen LogP contribution in [-0.2, 0) is 0 Å². The molecular formula is C23H21N9. The van der Waals surface area contributed by atoms with Crippen molar-refractivity contribution in [3.8, 4) is 11.3 Å². The van der Waals surface area contributed by atoms with E-state index in [4.69, 9.17) is 0 Å². The summed E-state index contributed by atoms with van der Waals surface area (Å²) in [5.74, 6) is 2.21. The number of nitrogens with zero attached hydrogens (tertiary/aromatic N) is 5. The van der Waals surface area contributed by atoms with Gasteiger partial charge >= 0.3 is 0 Å². The van der Waals surface area contributed by atoms with Gasteiger partial charge in [-0.25, -0.2) is 19.9 Å². The van der Waals surface area contributed by atoms with E-state index in [1.807, 2.05) is 31.3 Å². The molecule has 0 fully saturated rings. The Balaban J connectivity index is 1.59. The number of rotatable bonds is 6. The Kier molecular flexibility index (Phi) is 5.04. The first-order valence-electron chi connectivity index (χ1n) is 10.1. The normalized spacial score (nSPS) is 10.8. The molecule has 4 aromatic heterocycles. The average Bonchev–Trinajstić information content (AvgIpc) is 3.34. The summed E-state index contributed by atoms with van der Waals surface area (Å²) in [6.45, 7) is 2.07. The summed E-state index contributed by atoms with van der Waals surface area (Å²) in [6, 6.07) is 11.9. The van der Waals surface area contributed by atoms with Gasteiger partial charge in [0.05, 0.1) is 23.3 Å².